The van der Waals surface area contributed by atoms with Gasteiger partial charge in [0.15, 0.2) is 6.10 Å². The van der Waals surface area contributed by atoms with Crippen LogP contribution in [0.5, 0.6) is 0 Å². The molecule has 1 rings (SSSR count). The molecular formula is C11H10FNO4. The highest BCUT2D eigenvalue weighted by Crippen LogP contribution is 2.21. The third-order valence-corrected chi connectivity index (χ3v) is 2.22. The Bertz CT molecular complexity index is 469. The highest BCUT2D eigenvalue weighted by Gasteiger charge is 2.27. The molecule has 0 aliphatic heterocycles. The highest BCUT2D eigenvalue weighted by molar-refractivity contribution is 5.73. The van der Waals surface area contributed by atoms with Gasteiger partial charge in [-0.25, -0.2) is 9.18 Å². The van der Waals surface area contributed by atoms with Crippen LogP contribution in [0, 0.1) is 17.1 Å². The van der Waals surface area contributed by atoms with E-state index in [4.69, 9.17) is 15.5 Å². The Morgan fingerprint density at radius 1 is 1.47 bits per heavy atom. The Hall–Kier alpha value is -1.97. The maximum atomic E-state index is 13.5. The van der Waals surface area contributed by atoms with Crippen LogP contribution in [0.15, 0.2) is 18.2 Å². The number of halogens is 1. The van der Waals surface area contributed by atoms with Gasteiger partial charge in [-0.1, -0.05) is 12.1 Å². The molecular weight excluding hydrogens is 229 g/mol. The minimum absolute atomic E-state index is 0.00871. The average molecular weight is 239 g/mol. The molecule has 0 saturated carbocycles. The standard InChI is InChI=1S/C11H10FNO4/c12-8-5-6(3-4-13)1-2-7(8)9(14)10(15)11(16)17/h1-2,5,9-10,14-15H,3H2,(H,16,17). The Labute approximate surface area is 96.4 Å². The van der Waals surface area contributed by atoms with Crippen molar-refractivity contribution in [1.29, 1.82) is 5.26 Å². The largest absolute Gasteiger partial charge is 0.479 e. The van der Waals surface area contributed by atoms with Gasteiger partial charge in [-0.15, -0.1) is 0 Å². The van der Waals surface area contributed by atoms with E-state index in [0.29, 0.717) is 5.56 Å². The smallest absolute Gasteiger partial charge is 0.335 e. The number of carboxylic acid groups (broad SMARTS) is 1. The molecule has 0 saturated heterocycles. The van der Waals surface area contributed by atoms with Gasteiger partial charge in [0, 0.05) is 5.56 Å². The normalized spacial score (nSPS) is 13.8. The summed E-state index contributed by atoms with van der Waals surface area (Å²) in [5.74, 6) is -2.50. The Morgan fingerprint density at radius 3 is 2.59 bits per heavy atom. The van der Waals surface area contributed by atoms with Crippen molar-refractivity contribution in [3.8, 4) is 6.07 Å². The molecule has 0 heterocycles. The van der Waals surface area contributed by atoms with Crippen molar-refractivity contribution in [1.82, 2.24) is 0 Å². The summed E-state index contributed by atoms with van der Waals surface area (Å²) in [4.78, 5) is 10.4. The predicted molar refractivity (Wildman–Crippen MR) is 54.3 cm³/mol. The van der Waals surface area contributed by atoms with Crippen LogP contribution in [0.1, 0.15) is 17.2 Å². The van der Waals surface area contributed by atoms with Crippen LogP contribution in [0.4, 0.5) is 4.39 Å². The lowest BCUT2D eigenvalue weighted by atomic mass is 10.0. The maximum absolute atomic E-state index is 13.5. The highest BCUT2D eigenvalue weighted by atomic mass is 19.1. The van der Waals surface area contributed by atoms with E-state index in [9.17, 15) is 14.3 Å². The van der Waals surface area contributed by atoms with Crippen molar-refractivity contribution >= 4 is 5.97 Å². The molecule has 90 valence electrons. The number of carbonyl (C=O) groups is 1. The molecule has 6 heteroatoms. The van der Waals surface area contributed by atoms with Gasteiger partial charge >= 0.3 is 5.97 Å². The summed E-state index contributed by atoms with van der Waals surface area (Å²) in [6.07, 6.45) is -3.93. The number of hydrogen-bond acceptors (Lipinski definition) is 4. The number of rotatable bonds is 4. The van der Waals surface area contributed by atoms with Gasteiger partial charge in [0.05, 0.1) is 12.5 Å². The van der Waals surface area contributed by atoms with E-state index in [-0.39, 0.29) is 12.0 Å². The fraction of sp³-hybridized carbons (Fsp3) is 0.273. The predicted octanol–water partition coefficient (Wildman–Crippen LogP) is 0.371. The first kappa shape index (κ1) is 13.1. The van der Waals surface area contributed by atoms with Gasteiger partial charge in [-0.2, -0.15) is 5.26 Å². The van der Waals surface area contributed by atoms with Crippen LogP contribution >= 0.6 is 0 Å². The second-order valence-electron chi connectivity index (χ2n) is 3.42. The van der Waals surface area contributed by atoms with E-state index in [1.165, 1.54) is 6.07 Å². The SMILES string of the molecule is N#CCc1ccc(C(O)C(O)C(=O)O)c(F)c1. The summed E-state index contributed by atoms with van der Waals surface area (Å²) < 4.78 is 13.5. The lowest BCUT2D eigenvalue weighted by molar-refractivity contribution is -0.153. The number of carboxylic acids is 1. The molecule has 0 aliphatic carbocycles. The van der Waals surface area contributed by atoms with Crippen molar-refractivity contribution in [2.75, 3.05) is 0 Å². The molecule has 0 fully saturated rings. The maximum Gasteiger partial charge on any atom is 0.335 e. The zero-order valence-electron chi connectivity index (χ0n) is 8.67. The van der Waals surface area contributed by atoms with Crippen molar-refractivity contribution in [3.63, 3.8) is 0 Å². The van der Waals surface area contributed by atoms with E-state index in [0.717, 1.165) is 12.1 Å². The quantitative estimate of drug-likeness (QED) is 0.704. The topological polar surface area (TPSA) is 102 Å². The van der Waals surface area contributed by atoms with E-state index >= 15 is 0 Å². The molecule has 1 aromatic rings. The number of aliphatic hydroxyl groups excluding tert-OH is 2. The molecule has 0 bridgehead atoms. The van der Waals surface area contributed by atoms with Crippen LogP contribution in [0.2, 0.25) is 0 Å². The van der Waals surface area contributed by atoms with Crippen LogP contribution in [0.3, 0.4) is 0 Å². The van der Waals surface area contributed by atoms with Gasteiger partial charge in [-0.3, -0.25) is 0 Å². The molecule has 0 aliphatic rings. The van der Waals surface area contributed by atoms with E-state index in [2.05, 4.69) is 0 Å². The summed E-state index contributed by atoms with van der Waals surface area (Å²) in [7, 11) is 0. The molecule has 17 heavy (non-hydrogen) atoms. The van der Waals surface area contributed by atoms with Gasteiger partial charge < -0.3 is 15.3 Å². The van der Waals surface area contributed by atoms with Gasteiger partial charge in [-0.05, 0) is 11.6 Å². The van der Waals surface area contributed by atoms with Crippen LogP contribution in [-0.2, 0) is 11.2 Å². The molecule has 5 nitrogen and oxygen atoms in total. The fourth-order valence-corrected chi connectivity index (χ4v) is 1.32. The Morgan fingerprint density at radius 2 is 2.12 bits per heavy atom. The molecule has 0 spiro atoms. The Kier molecular flexibility index (Phi) is 4.15. The fourth-order valence-electron chi connectivity index (χ4n) is 1.32. The van der Waals surface area contributed by atoms with Gasteiger partial charge in [0.2, 0.25) is 0 Å². The first-order valence-corrected chi connectivity index (χ1v) is 4.71. The zero-order valence-corrected chi connectivity index (χ0v) is 8.67. The second kappa shape index (κ2) is 5.39. The van der Waals surface area contributed by atoms with Crippen molar-refractivity contribution in [2.24, 2.45) is 0 Å². The first-order chi connectivity index (χ1) is 7.97. The van der Waals surface area contributed by atoms with E-state index in [1.54, 1.807) is 0 Å². The second-order valence-corrected chi connectivity index (χ2v) is 3.42. The lowest BCUT2D eigenvalue weighted by Crippen LogP contribution is -2.28. The van der Waals surface area contributed by atoms with E-state index in [1.807, 2.05) is 6.07 Å². The molecule has 2 atom stereocenters. The number of hydrogen-bond donors (Lipinski definition) is 3. The molecule has 0 aromatic heterocycles. The minimum Gasteiger partial charge on any atom is -0.479 e. The van der Waals surface area contributed by atoms with Crippen molar-refractivity contribution in [2.45, 2.75) is 18.6 Å². The summed E-state index contributed by atoms with van der Waals surface area (Å²) in [6, 6.07) is 5.39. The summed E-state index contributed by atoms with van der Waals surface area (Å²) in [5.41, 5.74) is 0.0901. The van der Waals surface area contributed by atoms with Gasteiger partial charge in [0.25, 0.3) is 0 Å². The monoisotopic (exact) mass is 239 g/mol. The number of nitrogens with zero attached hydrogens (tertiary/aromatic N) is 1. The summed E-state index contributed by atoms with van der Waals surface area (Å²) >= 11 is 0. The van der Waals surface area contributed by atoms with Crippen LogP contribution < -0.4 is 0 Å². The number of benzene rings is 1. The third-order valence-electron chi connectivity index (χ3n) is 2.22. The molecule has 3 N–H and O–H groups in total. The van der Waals surface area contributed by atoms with Crippen molar-refractivity contribution in [3.05, 3.63) is 35.1 Å². The average Bonchev–Trinajstić information content (AvgIpc) is 2.27. The van der Waals surface area contributed by atoms with E-state index < -0.39 is 24.0 Å². The zero-order chi connectivity index (χ0) is 13.0. The molecule has 1 aromatic carbocycles. The Balaban J connectivity index is 3.00. The minimum atomic E-state index is -2.09. The summed E-state index contributed by atoms with van der Waals surface area (Å²) in [6.45, 7) is 0. The molecule has 0 radical (unpaired) electrons. The third kappa shape index (κ3) is 3.00. The lowest BCUT2D eigenvalue weighted by Gasteiger charge is -2.15. The first-order valence-electron chi connectivity index (χ1n) is 4.71. The number of aliphatic carboxylic acids is 1. The number of nitriles is 1. The van der Waals surface area contributed by atoms with Gasteiger partial charge in [0.1, 0.15) is 11.9 Å². The molecule has 2 unspecified atom stereocenters. The summed E-state index contributed by atoms with van der Waals surface area (Å²) in [5, 5.41) is 35.4. The molecule has 0 amide bonds. The van der Waals surface area contributed by atoms with Crippen LogP contribution in [0.25, 0.3) is 0 Å². The van der Waals surface area contributed by atoms with Crippen molar-refractivity contribution < 1.29 is 24.5 Å². The number of aliphatic hydroxyl groups is 2. The van der Waals surface area contributed by atoms with Crippen LogP contribution in [-0.4, -0.2) is 27.4 Å².